The Balaban J connectivity index is 2.20. The first-order valence-electron chi connectivity index (χ1n) is 5.10. The van der Waals surface area contributed by atoms with E-state index in [-0.39, 0.29) is 0 Å². The molecule has 1 aromatic rings. The van der Waals surface area contributed by atoms with Crippen molar-refractivity contribution in [3.8, 4) is 6.07 Å². The number of aromatic nitrogens is 2. The van der Waals surface area contributed by atoms with Gasteiger partial charge in [-0.15, -0.1) is 0 Å². The van der Waals surface area contributed by atoms with Gasteiger partial charge in [0.15, 0.2) is 5.69 Å². The molecule has 90 valence electrons. The van der Waals surface area contributed by atoms with Gasteiger partial charge in [0, 0.05) is 19.0 Å². The second-order valence-corrected chi connectivity index (χ2v) is 5.02. The van der Waals surface area contributed by atoms with Gasteiger partial charge in [0.25, 0.3) is 0 Å². The topological polar surface area (TPSA) is 90.9 Å². The number of carboxylic acid groups (broad SMARTS) is 1. The Labute approximate surface area is 106 Å². The van der Waals surface area contributed by atoms with Crippen molar-refractivity contribution < 1.29 is 9.90 Å². The molecular weight excluding hydrogens is 288 g/mol. The number of nitrogens with one attached hydrogen (secondary N) is 1. The van der Waals surface area contributed by atoms with Gasteiger partial charge < -0.3 is 10.4 Å². The minimum absolute atomic E-state index is 0.393. The molecule has 7 heteroatoms. The van der Waals surface area contributed by atoms with Crippen molar-refractivity contribution >= 4 is 22.0 Å². The van der Waals surface area contributed by atoms with Gasteiger partial charge in [-0.1, -0.05) is 0 Å². The van der Waals surface area contributed by atoms with Crippen LogP contribution in [0.4, 0.5) is 4.79 Å². The average molecular weight is 299 g/mol. The van der Waals surface area contributed by atoms with Crippen LogP contribution in [0, 0.1) is 11.3 Å². The van der Waals surface area contributed by atoms with Crippen molar-refractivity contribution in [1.82, 2.24) is 15.1 Å². The van der Waals surface area contributed by atoms with Crippen LogP contribution in [0.1, 0.15) is 24.2 Å². The fraction of sp³-hybridized carbons (Fsp3) is 0.500. The summed E-state index contributed by atoms with van der Waals surface area (Å²) in [5.41, 5.74) is 0.775. The van der Waals surface area contributed by atoms with Crippen molar-refractivity contribution in [2.45, 2.75) is 24.8 Å². The fourth-order valence-corrected chi connectivity index (χ4v) is 2.40. The molecule has 1 saturated carbocycles. The first-order valence-corrected chi connectivity index (χ1v) is 5.89. The van der Waals surface area contributed by atoms with E-state index in [2.05, 4.69) is 26.3 Å². The smallest absolute Gasteiger partial charge is 0.405 e. The SMILES string of the molecule is Cn1nc(CC2(NC(=O)O)CC2)c(Br)c1C#N. The molecule has 0 spiro atoms. The first kappa shape index (κ1) is 11.9. The van der Waals surface area contributed by atoms with E-state index in [9.17, 15) is 4.79 Å². The Hall–Kier alpha value is -1.55. The molecule has 0 aliphatic heterocycles. The first-order chi connectivity index (χ1) is 7.97. The lowest BCUT2D eigenvalue weighted by molar-refractivity contribution is 0.188. The van der Waals surface area contributed by atoms with Gasteiger partial charge in [-0.05, 0) is 28.8 Å². The monoisotopic (exact) mass is 298 g/mol. The number of amides is 1. The van der Waals surface area contributed by atoms with Gasteiger partial charge >= 0.3 is 6.09 Å². The number of nitriles is 1. The van der Waals surface area contributed by atoms with Crippen LogP contribution in [0.25, 0.3) is 0 Å². The molecule has 1 aromatic heterocycles. The summed E-state index contributed by atoms with van der Waals surface area (Å²) in [6.45, 7) is 0. The van der Waals surface area contributed by atoms with Crippen molar-refractivity contribution in [3.63, 3.8) is 0 Å². The summed E-state index contributed by atoms with van der Waals surface area (Å²) in [5.74, 6) is 0. The van der Waals surface area contributed by atoms with Crippen molar-refractivity contribution in [1.29, 1.82) is 5.26 Å². The Morgan fingerprint density at radius 2 is 2.41 bits per heavy atom. The molecule has 17 heavy (non-hydrogen) atoms. The van der Waals surface area contributed by atoms with Gasteiger partial charge in [0.2, 0.25) is 0 Å². The minimum atomic E-state index is -1.02. The molecule has 0 bridgehead atoms. The Morgan fingerprint density at radius 3 is 2.82 bits per heavy atom. The van der Waals surface area contributed by atoms with E-state index in [1.54, 1.807) is 7.05 Å². The second kappa shape index (κ2) is 4.04. The third-order valence-corrected chi connectivity index (χ3v) is 3.73. The predicted octanol–water partition coefficient (Wildman–Crippen LogP) is 1.40. The van der Waals surface area contributed by atoms with Crippen LogP contribution >= 0.6 is 15.9 Å². The highest BCUT2D eigenvalue weighted by molar-refractivity contribution is 9.10. The zero-order valence-electron chi connectivity index (χ0n) is 9.20. The summed E-state index contributed by atoms with van der Waals surface area (Å²) in [5, 5.41) is 24.4. The number of hydrogen-bond donors (Lipinski definition) is 2. The molecule has 2 N–H and O–H groups in total. The average Bonchev–Trinajstić information content (AvgIpc) is 2.90. The zero-order valence-corrected chi connectivity index (χ0v) is 10.8. The highest BCUT2D eigenvalue weighted by atomic mass is 79.9. The van der Waals surface area contributed by atoms with Crippen molar-refractivity contribution in [2.24, 2.45) is 7.05 Å². The van der Waals surface area contributed by atoms with Gasteiger partial charge in [0.05, 0.1) is 10.2 Å². The lowest BCUT2D eigenvalue weighted by Crippen LogP contribution is -2.37. The van der Waals surface area contributed by atoms with E-state index in [1.807, 2.05) is 6.07 Å². The highest BCUT2D eigenvalue weighted by Crippen LogP contribution is 2.40. The molecule has 1 amide bonds. The standard InChI is InChI=1S/C10H11BrN4O2/c1-15-7(5-12)8(11)6(14-15)4-10(2-3-10)13-9(16)17/h13H,2-4H2,1H3,(H,16,17). The van der Waals surface area contributed by atoms with Crippen LogP contribution in [-0.2, 0) is 13.5 Å². The van der Waals surface area contributed by atoms with E-state index in [4.69, 9.17) is 10.4 Å². The molecule has 1 aliphatic carbocycles. The van der Waals surface area contributed by atoms with E-state index in [1.165, 1.54) is 4.68 Å². The third kappa shape index (κ3) is 2.26. The van der Waals surface area contributed by atoms with Crippen LogP contribution in [0.5, 0.6) is 0 Å². The zero-order chi connectivity index (χ0) is 12.6. The maximum atomic E-state index is 10.7. The summed E-state index contributed by atoms with van der Waals surface area (Å²) in [6.07, 6.45) is 1.11. The number of rotatable bonds is 3. The van der Waals surface area contributed by atoms with Crippen LogP contribution < -0.4 is 5.32 Å². The Kier molecular flexibility index (Phi) is 2.83. The summed E-state index contributed by atoms with van der Waals surface area (Å²) >= 11 is 3.33. The van der Waals surface area contributed by atoms with E-state index in [0.29, 0.717) is 16.6 Å². The normalized spacial score (nSPS) is 16.3. The molecular formula is C10H11BrN4O2. The van der Waals surface area contributed by atoms with Crippen LogP contribution in [0.2, 0.25) is 0 Å². The van der Waals surface area contributed by atoms with Crippen LogP contribution in [-0.4, -0.2) is 26.5 Å². The third-order valence-electron chi connectivity index (χ3n) is 2.89. The molecule has 1 fully saturated rings. The summed E-state index contributed by atoms with van der Waals surface area (Å²) in [7, 11) is 1.69. The van der Waals surface area contributed by atoms with E-state index in [0.717, 1.165) is 18.5 Å². The van der Waals surface area contributed by atoms with E-state index < -0.39 is 11.6 Å². The lowest BCUT2D eigenvalue weighted by Gasteiger charge is -2.13. The lowest BCUT2D eigenvalue weighted by atomic mass is 10.1. The van der Waals surface area contributed by atoms with Gasteiger partial charge in [-0.3, -0.25) is 4.68 Å². The fourth-order valence-electron chi connectivity index (χ4n) is 1.83. The Bertz CT molecular complexity index is 513. The maximum Gasteiger partial charge on any atom is 0.405 e. The molecule has 2 rings (SSSR count). The van der Waals surface area contributed by atoms with Crippen LogP contribution in [0.15, 0.2) is 4.47 Å². The van der Waals surface area contributed by atoms with Crippen LogP contribution in [0.3, 0.4) is 0 Å². The molecule has 1 aliphatic rings. The minimum Gasteiger partial charge on any atom is -0.465 e. The largest absolute Gasteiger partial charge is 0.465 e. The van der Waals surface area contributed by atoms with Crippen molar-refractivity contribution in [2.75, 3.05) is 0 Å². The molecule has 0 aromatic carbocycles. The highest BCUT2D eigenvalue weighted by Gasteiger charge is 2.45. The predicted molar refractivity (Wildman–Crippen MR) is 62.5 cm³/mol. The maximum absolute atomic E-state index is 10.7. The van der Waals surface area contributed by atoms with Gasteiger partial charge in [-0.25, -0.2) is 4.79 Å². The summed E-state index contributed by atoms with van der Waals surface area (Å²) in [6, 6.07) is 2.05. The van der Waals surface area contributed by atoms with Gasteiger partial charge in [-0.2, -0.15) is 10.4 Å². The quantitative estimate of drug-likeness (QED) is 0.882. The molecule has 0 radical (unpaired) electrons. The number of aryl methyl sites for hydroxylation is 1. The molecule has 0 unspecified atom stereocenters. The number of carbonyl (C=O) groups is 1. The summed E-state index contributed by atoms with van der Waals surface area (Å²) in [4.78, 5) is 10.7. The number of hydrogen-bond acceptors (Lipinski definition) is 3. The van der Waals surface area contributed by atoms with Gasteiger partial charge in [0.1, 0.15) is 6.07 Å². The Morgan fingerprint density at radius 1 is 1.76 bits per heavy atom. The number of halogens is 1. The molecule has 6 nitrogen and oxygen atoms in total. The second-order valence-electron chi connectivity index (χ2n) is 4.23. The number of nitrogens with zero attached hydrogens (tertiary/aromatic N) is 3. The molecule has 0 atom stereocenters. The molecule has 1 heterocycles. The van der Waals surface area contributed by atoms with Crippen molar-refractivity contribution in [3.05, 3.63) is 15.9 Å². The summed E-state index contributed by atoms with van der Waals surface area (Å²) < 4.78 is 2.15. The van der Waals surface area contributed by atoms with E-state index >= 15 is 0 Å². The molecule has 0 saturated heterocycles.